The zero-order valence-corrected chi connectivity index (χ0v) is 14.1. The van der Waals surface area contributed by atoms with Crippen molar-refractivity contribution in [2.24, 2.45) is 0 Å². The van der Waals surface area contributed by atoms with Crippen molar-refractivity contribution in [1.82, 2.24) is 4.98 Å². The molecule has 1 aromatic heterocycles. The highest BCUT2D eigenvalue weighted by molar-refractivity contribution is 5.96. The lowest BCUT2D eigenvalue weighted by Crippen LogP contribution is -2.30. The first-order valence-corrected chi connectivity index (χ1v) is 7.90. The first-order valence-electron chi connectivity index (χ1n) is 7.90. The van der Waals surface area contributed by atoms with Crippen molar-refractivity contribution in [2.45, 2.75) is 32.3 Å². The standard InChI is InChI=1S/C19H19N3O3/c1-13(16-7-5-9-21-12-16)10-18(23)25-14(2)19(24)22-17-8-4-3-6-15(17)11-20/h3-9,12-14H,10H2,1-2H3,(H,22,24)/t13-,14-/m1/s1. The summed E-state index contributed by atoms with van der Waals surface area (Å²) < 4.78 is 5.20. The Morgan fingerprint density at radius 1 is 1.24 bits per heavy atom. The largest absolute Gasteiger partial charge is 0.453 e. The molecule has 0 unspecified atom stereocenters. The van der Waals surface area contributed by atoms with Gasteiger partial charge in [-0.2, -0.15) is 5.26 Å². The Labute approximate surface area is 146 Å². The maximum absolute atomic E-state index is 12.2. The highest BCUT2D eigenvalue weighted by atomic mass is 16.5. The van der Waals surface area contributed by atoms with Crippen LogP contribution in [0.5, 0.6) is 0 Å². The first kappa shape index (κ1) is 18.1. The molecule has 2 aromatic rings. The molecule has 25 heavy (non-hydrogen) atoms. The Hall–Kier alpha value is -3.20. The first-order chi connectivity index (χ1) is 12.0. The van der Waals surface area contributed by atoms with Crippen molar-refractivity contribution in [3.63, 3.8) is 0 Å². The van der Waals surface area contributed by atoms with Crippen LogP contribution in [0.1, 0.15) is 37.3 Å². The molecule has 0 bridgehead atoms. The van der Waals surface area contributed by atoms with Crippen LogP contribution in [-0.4, -0.2) is 23.0 Å². The SMILES string of the molecule is C[C@H](CC(=O)O[C@H](C)C(=O)Nc1ccccc1C#N)c1cccnc1. The van der Waals surface area contributed by atoms with Gasteiger partial charge in [0.05, 0.1) is 17.7 Å². The normalized spacial score (nSPS) is 12.5. The highest BCUT2D eigenvalue weighted by Crippen LogP contribution is 2.19. The van der Waals surface area contributed by atoms with Gasteiger partial charge in [0.1, 0.15) is 6.07 Å². The summed E-state index contributed by atoms with van der Waals surface area (Å²) in [4.78, 5) is 28.2. The molecule has 6 heteroatoms. The summed E-state index contributed by atoms with van der Waals surface area (Å²) in [5, 5.41) is 11.6. The van der Waals surface area contributed by atoms with Gasteiger partial charge in [0, 0.05) is 12.4 Å². The molecule has 0 saturated heterocycles. The molecule has 128 valence electrons. The topological polar surface area (TPSA) is 92.1 Å². The van der Waals surface area contributed by atoms with Gasteiger partial charge in [-0.15, -0.1) is 0 Å². The number of anilines is 1. The fraction of sp³-hybridized carbons (Fsp3) is 0.263. The third kappa shape index (κ3) is 5.15. The lowest BCUT2D eigenvalue weighted by Gasteiger charge is -2.16. The minimum absolute atomic E-state index is 0.0595. The van der Waals surface area contributed by atoms with Gasteiger partial charge in [-0.25, -0.2) is 0 Å². The number of benzene rings is 1. The zero-order valence-electron chi connectivity index (χ0n) is 14.1. The van der Waals surface area contributed by atoms with Crippen molar-refractivity contribution in [2.75, 3.05) is 5.32 Å². The highest BCUT2D eigenvalue weighted by Gasteiger charge is 2.20. The molecule has 0 saturated carbocycles. The average Bonchev–Trinajstić information content (AvgIpc) is 2.62. The maximum Gasteiger partial charge on any atom is 0.307 e. The molecule has 0 radical (unpaired) electrons. The fourth-order valence-corrected chi connectivity index (χ4v) is 2.26. The average molecular weight is 337 g/mol. The third-order valence-electron chi connectivity index (χ3n) is 3.71. The quantitative estimate of drug-likeness (QED) is 0.818. The zero-order chi connectivity index (χ0) is 18.2. The van der Waals surface area contributed by atoms with Crippen molar-refractivity contribution in [1.29, 1.82) is 5.26 Å². The summed E-state index contributed by atoms with van der Waals surface area (Å²) in [5.41, 5.74) is 1.67. The predicted molar refractivity (Wildman–Crippen MR) is 92.6 cm³/mol. The molecule has 1 aromatic carbocycles. The summed E-state index contributed by atoms with van der Waals surface area (Å²) in [6.45, 7) is 3.39. The number of nitrogens with zero attached hydrogens (tertiary/aromatic N) is 2. The van der Waals surface area contributed by atoms with E-state index in [2.05, 4.69) is 10.3 Å². The van der Waals surface area contributed by atoms with E-state index in [1.54, 1.807) is 42.7 Å². The Morgan fingerprint density at radius 2 is 2.00 bits per heavy atom. The van der Waals surface area contributed by atoms with Gasteiger partial charge < -0.3 is 10.1 Å². The summed E-state index contributed by atoms with van der Waals surface area (Å²) >= 11 is 0. The van der Waals surface area contributed by atoms with Crippen molar-refractivity contribution >= 4 is 17.6 Å². The van der Waals surface area contributed by atoms with Gasteiger partial charge in [0.25, 0.3) is 5.91 Å². The van der Waals surface area contributed by atoms with Crippen molar-refractivity contribution < 1.29 is 14.3 Å². The van der Waals surface area contributed by atoms with E-state index in [1.165, 1.54) is 6.92 Å². The molecule has 1 N–H and O–H groups in total. The summed E-state index contributed by atoms with van der Waals surface area (Å²) in [6.07, 6.45) is 2.56. The van der Waals surface area contributed by atoms with Gasteiger partial charge in [-0.1, -0.05) is 25.1 Å². The monoisotopic (exact) mass is 337 g/mol. The second-order valence-electron chi connectivity index (χ2n) is 5.67. The Bertz CT molecular complexity index is 784. The number of carbonyl (C=O) groups is 2. The number of nitrogens with one attached hydrogen (secondary N) is 1. The fourth-order valence-electron chi connectivity index (χ4n) is 2.26. The van der Waals surface area contributed by atoms with E-state index < -0.39 is 18.0 Å². The van der Waals surface area contributed by atoms with Crippen LogP contribution >= 0.6 is 0 Å². The molecular weight excluding hydrogens is 318 g/mol. The van der Waals surface area contributed by atoms with Gasteiger partial charge in [-0.3, -0.25) is 14.6 Å². The van der Waals surface area contributed by atoms with Gasteiger partial charge in [0.2, 0.25) is 0 Å². The number of hydrogen-bond acceptors (Lipinski definition) is 5. The van der Waals surface area contributed by atoms with Crippen LogP contribution < -0.4 is 5.32 Å². The molecule has 2 rings (SSSR count). The number of aromatic nitrogens is 1. The number of nitriles is 1. The molecule has 6 nitrogen and oxygen atoms in total. The molecule has 0 spiro atoms. The molecule has 0 fully saturated rings. The summed E-state index contributed by atoms with van der Waals surface area (Å²) in [7, 11) is 0. The Balaban J connectivity index is 1.90. The predicted octanol–water partition coefficient (Wildman–Crippen LogP) is 3.02. The molecule has 0 aliphatic heterocycles. The van der Waals surface area contributed by atoms with Crippen LogP contribution in [0, 0.1) is 11.3 Å². The molecule has 0 aliphatic carbocycles. The van der Waals surface area contributed by atoms with Crippen LogP contribution in [0.2, 0.25) is 0 Å². The second-order valence-corrected chi connectivity index (χ2v) is 5.67. The molecule has 0 aliphatic rings. The van der Waals surface area contributed by atoms with Crippen LogP contribution in [0.15, 0.2) is 48.8 Å². The lowest BCUT2D eigenvalue weighted by atomic mass is 10.00. The van der Waals surface area contributed by atoms with E-state index in [4.69, 9.17) is 10.00 Å². The van der Waals surface area contributed by atoms with Gasteiger partial charge >= 0.3 is 5.97 Å². The van der Waals surface area contributed by atoms with Gasteiger partial charge in [0.15, 0.2) is 6.10 Å². The molecule has 2 atom stereocenters. The number of hydrogen-bond donors (Lipinski definition) is 1. The smallest absolute Gasteiger partial charge is 0.307 e. The van der Waals surface area contributed by atoms with Crippen LogP contribution in [0.4, 0.5) is 5.69 Å². The number of esters is 1. The summed E-state index contributed by atoms with van der Waals surface area (Å²) in [6, 6.07) is 12.3. The lowest BCUT2D eigenvalue weighted by molar-refractivity contribution is -0.153. The van der Waals surface area contributed by atoms with Crippen molar-refractivity contribution in [3.8, 4) is 6.07 Å². The van der Waals surface area contributed by atoms with E-state index in [0.29, 0.717) is 11.3 Å². The number of para-hydroxylation sites is 1. The van der Waals surface area contributed by atoms with E-state index in [-0.39, 0.29) is 12.3 Å². The molecular formula is C19H19N3O3. The number of amides is 1. The number of pyridine rings is 1. The van der Waals surface area contributed by atoms with E-state index in [9.17, 15) is 9.59 Å². The number of carbonyl (C=O) groups excluding carboxylic acids is 2. The third-order valence-corrected chi connectivity index (χ3v) is 3.71. The Morgan fingerprint density at radius 3 is 2.68 bits per heavy atom. The van der Waals surface area contributed by atoms with Gasteiger partial charge in [-0.05, 0) is 36.6 Å². The van der Waals surface area contributed by atoms with Crippen LogP contribution in [-0.2, 0) is 14.3 Å². The second kappa shape index (κ2) is 8.60. The maximum atomic E-state index is 12.2. The minimum atomic E-state index is -0.958. The van der Waals surface area contributed by atoms with E-state index >= 15 is 0 Å². The van der Waals surface area contributed by atoms with E-state index in [0.717, 1.165) is 5.56 Å². The van der Waals surface area contributed by atoms with Crippen LogP contribution in [0.3, 0.4) is 0 Å². The number of ether oxygens (including phenoxy) is 1. The molecule has 1 heterocycles. The van der Waals surface area contributed by atoms with E-state index in [1.807, 2.05) is 19.1 Å². The Kier molecular flexibility index (Phi) is 6.24. The van der Waals surface area contributed by atoms with Crippen LogP contribution in [0.25, 0.3) is 0 Å². The van der Waals surface area contributed by atoms with Crippen molar-refractivity contribution in [3.05, 3.63) is 59.9 Å². The number of rotatable bonds is 6. The summed E-state index contributed by atoms with van der Waals surface area (Å²) in [5.74, 6) is -1.01. The molecule has 1 amide bonds. The minimum Gasteiger partial charge on any atom is -0.453 e.